The van der Waals surface area contributed by atoms with Gasteiger partial charge in [0.15, 0.2) is 5.69 Å². The quantitative estimate of drug-likeness (QED) is 0.781. The first kappa shape index (κ1) is 11.2. The lowest BCUT2D eigenvalue weighted by Gasteiger charge is -2.15. The van der Waals surface area contributed by atoms with Crippen LogP contribution in [0.4, 0.5) is 0 Å². The molecule has 1 N–H and O–H groups in total. The Balaban J connectivity index is 1.87. The lowest BCUT2D eigenvalue weighted by atomic mass is 10.0. The molecule has 1 aliphatic rings. The van der Waals surface area contributed by atoms with E-state index in [2.05, 4.69) is 21.9 Å². The number of nitrogens with zero attached hydrogens (tertiary/aromatic N) is 1. The van der Waals surface area contributed by atoms with Crippen molar-refractivity contribution in [3.05, 3.63) is 18.0 Å². The predicted octanol–water partition coefficient (Wildman–Crippen LogP) is 2.37. The molecule has 0 spiro atoms. The third-order valence-corrected chi connectivity index (χ3v) is 3.26. The van der Waals surface area contributed by atoms with Crippen molar-refractivity contribution in [3.63, 3.8) is 0 Å². The van der Waals surface area contributed by atoms with Gasteiger partial charge in [-0.05, 0) is 25.2 Å². The zero-order valence-corrected chi connectivity index (χ0v) is 9.61. The second kappa shape index (κ2) is 5.14. The molecule has 0 saturated heterocycles. The van der Waals surface area contributed by atoms with E-state index in [1.165, 1.54) is 25.5 Å². The number of nitrogens with one attached hydrogen (secondary N) is 1. The first-order valence-electron chi connectivity index (χ1n) is 5.97. The average Bonchev–Trinajstić information content (AvgIpc) is 2.72. The van der Waals surface area contributed by atoms with Crippen LogP contribution in [-0.2, 0) is 0 Å². The molecule has 0 bridgehead atoms. The number of hydrogen-bond donors (Lipinski definition) is 1. The molecule has 4 nitrogen and oxygen atoms in total. The van der Waals surface area contributed by atoms with E-state index < -0.39 is 0 Å². The van der Waals surface area contributed by atoms with E-state index in [4.69, 9.17) is 0 Å². The summed E-state index contributed by atoms with van der Waals surface area (Å²) in [6, 6.07) is 1.89. The van der Waals surface area contributed by atoms with Crippen LogP contribution in [-0.4, -0.2) is 17.1 Å². The Kier molecular flexibility index (Phi) is 3.59. The highest BCUT2D eigenvalue weighted by Crippen LogP contribution is 2.22. The zero-order chi connectivity index (χ0) is 11.4. The van der Waals surface area contributed by atoms with Gasteiger partial charge in [0.2, 0.25) is 0 Å². The zero-order valence-electron chi connectivity index (χ0n) is 9.61. The minimum Gasteiger partial charge on any atom is -0.364 e. The maximum atomic E-state index is 11.7. The Bertz CT molecular complexity index is 335. The van der Waals surface area contributed by atoms with E-state index in [9.17, 15) is 4.79 Å². The number of aromatic nitrogens is 1. The molecule has 1 fully saturated rings. The fraction of sp³-hybridized carbons (Fsp3) is 0.667. The molecule has 4 heteroatoms. The highest BCUT2D eigenvalue weighted by atomic mass is 16.5. The lowest BCUT2D eigenvalue weighted by Crippen LogP contribution is -2.34. The Morgan fingerprint density at radius 1 is 1.44 bits per heavy atom. The molecule has 1 heterocycles. The fourth-order valence-corrected chi connectivity index (χ4v) is 2.22. The van der Waals surface area contributed by atoms with Crippen LogP contribution in [0.15, 0.2) is 16.9 Å². The standard InChI is InChI=1S/C12H18N2O2/c1-9-3-2-4-10(6-5-9)13-12(15)11-7-8-16-14-11/h7-10H,2-6H2,1H3,(H,13,15)/t9-,10+/m0/s1. The van der Waals surface area contributed by atoms with Crippen molar-refractivity contribution in [3.8, 4) is 0 Å². The van der Waals surface area contributed by atoms with Crippen LogP contribution in [0.2, 0.25) is 0 Å². The van der Waals surface area contributed by atoms with E-state index in [1.54, 1.807) is 6.07 Å². The van der Waals surface area contributed by atoms with E-state index in [1.807, 2.05) is 0 Å². The molecule has 1 saturated carbocycles. The van der Waals surface area contributed by atoms with Crippen LogP contribution >= 0.6 is 0 Å². The molecule has 1 aliphatic carbocycles. The maximum absolute atomic E-state index is 11.7. The van der Waals surface area contributed by atoms with Gasteiger partial charge in [-0.15, -0.1) is 0 Å². The van der Waals surface area contributed by atoms with Crippen molar-refractivity contribution in [2.45, 2.75) is 45.1 Å². The third-order valence-electron chi connectivity index (χ3n) is 3.26. The molecule has 1 aromatic rings. The summed E-state index contributed by atoms with van der Waals surface area (Å²) in [5.41, 5.74) is 0.372. The van der Waals surface area contributed by atoms with Gasteiger partial charge in [-0.25, -0.2) is 0 Å². The normalized spacial score (nSPS) is 26.1. The number of rotatable bonds is 2. The average molecular weight is 222 g/mol. The topological polar surface area (TPSA) is 55.1 Å². The SMILES string of the molecule is C[C@H]1CCC[C@@H](NC(=O)c2ccon2)CC1. The Morgan fingerprint density at radius 3 is 3.06 bits per heavy atom. The van der Waals surface area contributed by atoms with Gasteiger partial charge in [-0.2, -0.15) is 0 Å². The summed E-state index contributed by atoms with van der Waals surface area (Å²) in [6.07, 6.45) is 7.24. The van der Waals surface area contributed by atoms with E-state index >= 15 is 0 Å². The molecule has 1 aromatic heterocycles. The van der Waals surface area contributed by atoms with Gasteiger partial charge >= 0.3 is 0 Å². The summed E-state index contributed by atoms with van der Waals surface area (Å²) in [6.45, 7) is 2.28. The van der Waals surface area contributed by atoms with Crippen LogP contribution in [0, 0.1) is 5.92 Å². The van der Waals surface area contributed by atoms with Gasteiger partial charge in [0, 0.05) is 12.1 Å². The third kappa shape index (κ3) is 2.84. The summed E-state index contributed by atoms with van der Waals surface area (Å²) < 4.78 is 4.66. The van der Waals surface area contributed by atoms with Gasteiger partial charge in [-0.1, -0.05) is 24.9 Å². The number of carbonyl (C=O) groups excluding carboxylic acids is 1. The first-order valence-corrected chi connectivity index (χ1v) is 5.97. The largest absolute Gasteiger partial charge is 0.364 e. The van der Waals surface area contributed by atoms with Crippen LogP contribution < -0.4 is 5.32 Å². The molecular formula is C12H18N2O2. The van der Waals surface area contributed by atoms with Crippen LogP contribution in [0.3, 0.4) is 0 Å². The molecular weight excluding hydrogens is 204 g/mol. The highest BCUT2D eigenvalue weighted by Gasteiger charge is 2.19. The molecule has 1 amide bonds. The van der Waals surface area contributed by atoms with Crippen LogP contribution in [0.25, 0.3) is 0 Å². The number of carbonyl (C=O) groups is 1. The monoisotopic (exact) mass is 222 g/mol. The van der Waals surface area contributed by atoms with Crippen molar-refractivity contribution in [1.29, 1.82) is 0 Å². The van der Waals surface area contributed by atoms with Crippen molar-refractivity contribution < 1.29 is 9.32 Å². The molecule has 0 aliphatic heterocycles. The number of amides is 1. The molecule has 0 unspecified atom stereocenters. The Morgan fingerprint density at radius 2 is 2.31 bits per heavy atom. The number of hydrogen-bond acceptors (Lipinski definition) is 3. The molecule has 88 valence electrons. The van der Waals surface area contributed by atoms with E-state index in [0.29, 0.717) is 11.7 Å². The predicted molar refractivity (Wildman–Crippen MR) is 60.0 cm³/mol. The Hall–Kier alpha value is -1.32. The minimum absolute atomic E-state index is 0.117. The van der Waals surface area contributed by atoms with Crippen molar-refractivity contribution >= 4 is 5.91 Å². The van der Waals surface area contributed by atoms with E-state index in [0.717, 1.165) is 18.8 Å². The summed E-state index contributed by atoms with van der Waals surface area (Å²) in [5, 5.41) is 6.65. The minimum atomic E-state index is -0.117. The first-order chi connectivity index (χ1) is 7.75. The van der Waals surface area contributed by atoms with Gasteiger partial charge in [0.05, 0.1) is 0 Å². The van der Waals surface area contributed by atoms with Crippen molar-refractivity contribution in [2.75, 3.05) is 0 Å². The van der Waals surface area contributed by atoms with Crippen molar-refractivity contribution in [2.24, 2.45) is 5.92 Å². The van der Waals surface area contributed by atoms with Crippen molar-refractivity contribution in [1.82, 2.24) is 10.5 Å². The van der Waals surface area contributed by atoms with Gasteiger partial charge < -0.3 is 9.84 Å². The molecule has 0 aromatic carbocycles. The van der Waals surface area contributed by atoms with Gasteiger partial charge in [0.1, 0.15) is 6.26 Å². The second-order valence-corrected chi connectivity index (χ2v) is 4.67. The second-order valence-electron chi connectivity index (χ2n) is 4.67. The highest BCUT2D eigenvalue weighted by molar-refractivity contribution is 5.92. The summed E-state index contributed by atoms with van der Waals surface area (Å²) >= 11 is 0. The maximum Gasteiger partial charge on any atom is 0.273 e. The van der Waals surface area contributed by atoms with E-state index in [-0.39, 0.29) is 5.91 Å². The smallest absolute Gasteiger partial charge is 0.273 e. The molecule has 0 radical (unpaired) electrons. The van der Waals surface area contributed by atoms with Crippen LogP contribution in [0.1, 0.15) is 49.5 Å². The fourth-order valence-electron chi connectivity index (χ4n) is 2.22. The molecule has 16 heavy (non-hydrogen) atoms. The summed E-state index contributed by atoms with van der Waals surface area (Å²) in [4.78, 5) is 11.7. The molecule has 2 rings (SSSR count). The Labute approximate surface area is 95.4 Å². The summed E-state index contributed by atoms with van der Waals surface area (Å²) in [5.74, 6) is 0.669. The van der Waals surface area contributed by atoms with Crippen LogP contribution in [0.5, 0.6) is 0 Å². The summed E-state index contributed by atoms with van der Waals surface area (Å²) in [7, 11) is 0. The van der Waals surface area contributed by atoms with Gasteiger partial charge in [0.25, 0.3) is 5.91 Å². The molecule has 2 atom stereocenters. The lowest BCUT2D eigenvalue weighted by molar-refractivity contribution is 0.0924. The van der Waals surface area contributed by atoms with Gasteiger partial charge in [-0.3, -0.25) is 4.79 Å².